The Morgan fingerprint density at radius 2 is 1.92 bits per heavy atom. The molecule has 0 aliphatic heterocycles. The molecule has 3 rings (SSSR count). The lowest BCUT2D eigenvalue weighted by Gasteiger charge is -2.09. The molecule has 7 heteroatoms. The lowest BCUT2D eigenvalue weighted by Crippen LogP contribution is -2.14. The molecule has 1 amide bonds. The Labute approximate surface area is 141 Å². The van der Waals surface area contributed by atoms with Gasteiger partial charge in [-0.2, -0.15) is 13.2 Å². The van der Waals surface area contributed by atoms with E-state index in [9.17, 15) is 18.0 Å². The number of methoxy groups -OCH3 is 1. The minimum Gasteiger partial charge on any atom is -0.497 e. The van der Waals surface area contributed by atoms with Gasteiger partial charge in [-0.05, 0) is 42.8 Å². The van der Waals surface area contributed by atoms with E-state index in [0.29, 0.717) is 22.5 Å². The molecule has 0 saturated heterocycles. The molecule has 25 heavy (non-hydrogen) atoms. The number of hydrogen-bond acceptors (Lipinski definition) is 2. The molecule has 0 unspecified atom stereocenters. The van der Waals surface area contributed by atoms with Crippen molar-refractivity contribution in [3.63, 3.8) is 0 Å². The van der Waals surface area contributed by atoms with Gasteiger partial charge in [0.1, 0.15) is 11.4 Å². The predicted octanol–water partition coefficient (Wildman–Crippen LogP) is 4.76. The van der Waals surface area contributed by atoms with E-state index in [4.69, 9.17) is 4.74 Å². The van der Waals surface area contributed by atoms with E-state index in [0.717, 1.165) is 17.5 Å². The Kier molecular flexibility index (Phi) is 4.16. The topological polar surface area (TPSA) is 54.1 Å². The zero-order chi connectivity index (χ0) is 18.2. The number of aryl methyl sites for hydroxylation is 1. The fourth-order valence-corrected chi connectivity index (χ4v) is 2.64. The largest absolute Gasteiger partial charge is 0.497 e. The SMILES string of the molecule is COc1ccc2c(C)c(C(=O)Nc3cccc(C(F)(F)F)c3)[nH]c2c1. The number of hydrogen-bond donors (Lipinski definition) is 2. The van der Waals surface area contributed by atoms with Gasteiger partial charge in [0.05, 0.1) is 12.7 Å². The van der Waals surface area contributed by atoms with E-state index in [-0.39, 0.29) is 5.69 Å². The fourth-order valence-electron chi connectivity index (χ4n) is 2.64. The van der Waals surface area contributed by atoms with E-state index >= 15 is 0 Å². The highest BCUT2D eigenvalue weighted by atomic mass is 19.4. The molecule has 1 aromatic heterocycles. The monoisotopic (exact) mass is 348 g/mol. The van der Waals surface area contributed by atoms with Gasteiger partial charge in [-0.15, -0.1) is 0 Å². The van der Waals surface area contributed by atoms with E-state index in [2.05, 4.69) is 10.3 Å². The number of amides is 1. The van der Waals surface area contributed by atoms with Gasteiger partial charge in [0, 0.05) is 22.7 Å². The second-order valence-electron chi connectivity index (χ2n) is 5.57. The molecule has 0 aliphatic carbocycles. The molecule has 0 saturated carbocycles. The van der Waals surface area contributed by atoms with Crippen LogP contribution in [0, 0.1) is 6.92 Å². The first-order chi connectivity index (χ1) is 11.8. The van der Waals surface area contributed by atoms with E-state index in [1.807, 2.05) is 6.07 Å². The molecular weight excluding hydrogens is 333 g/mol. The quantitative estimate of drug-likeness (QED) is 0.717. The number of fused-ring (bicyclic) bond motifs is 1. The van der Waals surface area contributed by atoms with Crippen molar-refractivity contribution in [2.75, 3.05) is 12.4 Å². The molecule has 0 fully saturated rings. The molecule has 0 aliphatic rings. The van der Waals surface area contributed by atoms with Crippen molar-refractivity contribution >= 4 is 22.5 Å². The molecule has 1 heterocycles. The van der Waals surface area contributed by atoms with Crippen LogP contribution in [-0.2, 0) is 6.18 Å². The second kappa shape index (κ2) is 6.16. The van der Waals surface area contributed by atoms with Gasteiger partial charge in [-0.1, -0.05) is 6.07 Å². The number of aromatic nitrogens is 1. The highest BCUT2D eigenvalue weighted by Crippen LogP contribution is 2.31. The molecule has 0 spiro atoms. The Morgan fingerprint density at radius 1 is 1.16 bits per heavy atom. The number of rotatable bonds is 3. The first-order valence-electron chi connectivity index (χ1n) is 7.44. The van der Waals surface area contributed by atoms with Gasteiger partial charge in [0.25, 0.3) is 5.91 Å². The van der Waals surface area contributed by atoms with Gasteiger partial charge in [-0.3, -0.25) is 4.79 Å². The van der Waals surface area contributed by atoms with E-state index in [1.165, 1.54) is 19.2 Å². The maximum absolute atomic E-state index is 12.8. The normalized spacial score (nSPS) is 11.6. The summed E-state index contributed by atoms with van der Waals surface area (Å²) in [7, 11) is 1.54. The molecular formula is C18H15F3N2O2. The van der Waals surface area contributed by atoms with Crippen molar-refractivity contribution in [2.45, 2.75) is 13.1 Å². The molecule has 4 nitrogen and oxygen atoms in total. The number of H-pyrrole nitrogens is 1. The number of carbonyl (C=O) groups excluding carboxylic acids is 1. The van der Waals surface area contributed by atoms with Crippen LogP contribution in [0.2, 0.25) is 0 Å². The third-order valence-electron chi connectivity index (χ3n) is 3.94. The Balaban J connectivity index is 1.91. The van der Waals surface area contributed by atoms with Crippen LogP contribution in [0.4, 0.5) is 18.9 Å². The summed E-state index contributed by atoms with van der Waals surface area (Å²) in [4.78, 5) is 15.5. The van der Waals surface area contributed by atoms with Crippen LogP contribution in [0.25, 0.3) is 10.9 Å². The number of nitrogens with one attached hydrogen (secondary N) is 2. The van der Waals surface area contributed by atoms with E-state index < -0.39 is 17.6 Å². The summed E-state index contributed by atoms with van der Waals surface area (Å²) in [5, 5.41) is 3.34. The van der Waals surface area contributed by atoms with Gasteiger partial charge >= 0.3 is 6.18 Å². The summed E-state index contributed by atoms with van der Waals surface area (Å²) < 4.78 is 43.5. The van der Waals surface area contributed by atoms with Crippen molar-refractivity contribution in [3.8, 4) is 5.75 Å². The summed E-state index contributed by atoms with van der Waals surface area (Å²) in [6.07, 6.45) is -4.46. The molecule has 0 radical (unpaired) electrons. The number of alkyl halides is 3. The molecule has 2 aromatic carbocycles. The first-order valence-corrected chi connectivity index (χ1v) is 7.44. The number of anilines is 1. The van der Waals surface area contributed by atoms with Crippen LogP contribution in [0.3, 0.4) is 0 Å². The summed E-state index contributed by atoms with van der Waals surface area (Å²) in [5.74, 6) is 0.130. The average Bonchev–Trinajstić information content (AvgIpc) is 2.90. The van der Waals surface area contributed by atoms with Gasteiger partial charge in [0.15, 0.2) is 0 Å². The third-order valence-corrected chi connectivity index (χ3v) is 3.94. The first kappa shape index (κ1) is 16.9. The predicted molar refractivity (Wildman–Crippen MR) is 89.0 cm³/mol. The van der Waals surface area contributed by atoms with Crippen molar-refractivity contribution in [1.29, 1.82) is 0 Å². The summed E-state index contributed by atoms with van der Waals surface area (Å²) in [6.45, 7) is 1.77. The number of benzene rings is 2. The Bertz CT molecular complexity index is 945. The Hall–Kier alpha value is -2.96. The summed E-state index contributed by atoms with van der Waals surface area (Å²) in [5.41, 5.74) is 0.979. The van der Waals surface area contributed by atoms with Gasteiger partial charge in [0.2, 0.25) is 0 Å². The summed E-state index contributed by atoms with van der Waals surface area (Å²) >= 11 is 0. The molecule has 0 bridgehead atoms. The number of carbonyl (C=O) groups is 1. The lowest BCUT2D eigenvalue weighted by molar-refractivity contribution is -0.137. The minimum absolute atomic E-state index is 0.0791. The third kappa shape index (κ3) is 3.31. The average molecular weight is 348 g/mol. The van der Waals surface area contributed by atoms with Crippen LogP contribution >= 0.6 is 0 Å². The lowest BCUT2D eigenvalue weighted by atomic mass is 10.1. The number of aromatic amines is 1. The van der Waals surface area contributed by atoms with Crippen molar-refractivity contribution in [3.05, 3.63) is 59.3 Å². The molecule has 130 valence electrons. The smallest absolute Gasteiger partial charge is 0.416 e. The minimum atomic E-state index is -4.46. The number of ether oxygens (including phenoxy) is 1. The maximum Gasteiger partial charge on any atom is 0.416 e. The molecule has 3 aromatic rings. The van der Waals surface area contributed by atoms with Gasteiger partial charge < -0.3 is 15.0 Å². The van der Waals surface area contributed by atoms with Crippen LogP contribution < -0.4 is 10.1 Å². The van der Waals surface area contributed by atoms with Crippen LogP contribution in [0.5, 0.6) is 5.75 Å². The maximum atomic E-state index is 12.8. The van der Waals surface area contributed by atoms with Crippen molar-refractivity contribution in [2.24, 2.45) is 0 Å². The highest BCUT2D eigenvalue weighted by molar-refractivity contribution is 6.08. The van der Waals surface area contributed by atoms with Crippen LogP contribution in [0.1, 0.15) is 21.6 Å². The summed E-state index contributed by atoms with van der Waals surface area (Å²) in [6, 6.07) is 9.87. The highest BCUT2D eigenvalue weighted by Gasteiger charge is 2.30. The fraction of sp³-hybridized carbons (Fsp3) is 0.167. The van der Waals surface area contributed by atoms with Gasteiger partial charge in [-0.25, -0.2) is 0 Å². The zero-order valence-corrected chi connectivity index (χ0v) is 13.5. The molecule has 2 N–H and O–H groups in total. The Morgan fingerprint density at radius 3 is 2.60 bits per heavy atom. The second-order valence-corrected chi connectivity index (χ2v) is 5.57. The number of halogens is 3. The van der Waals surface area contributed by atoms with Crippen molar-refractivity contribution in [1.82, 2.24) is 4.98 Å². The van der Waals surface area contributed by atoms with Crippen LogP contribution in [-0.4, -0.2) is 18.0 Å². The zero-order valence-electron chi connectivity index (χ0n) is 13.5. The standard InChI is InChI=1S/C18H15F3N2O2/c1-10-14-7-6-13(25-2)9-15(14)23-16(10)17(24)22-12-5-3-4-11(8-12)18(19,20)21/h3-9,23H,1-2H3,(H,22,24). The molecule has 0 atom stereocenters. The van der Waals surface area contributed by atoms with E-state index in [1.54, 1.807) is 19.1 Å². The van der Waals surface area contributed by atoms with Crippen molar-refractivity contribution < 1.29 is 22.7 Å². The van der Waals surface area contributed by atoms with Crippen LogP contribution in [0.15, 0.2) is 42.5 Å².